The molecular formula is C7H13Cl2O2P. The van der Waals surface area contributed by atoms with Crippen LogP contribution in [0.1, 0.15) is 13.8 Å². The molecule has 0 aromatic carbocycles. The van der Waals surface area contributed by atoms with E-state index in [4.69, 9.17) is 33.7 Å². The second kappa shape index (κ2) is 3.98. The predicted molar refractivity (Wildman–Crippen MR) is 53.6 cm³/mol. The van der Waals surface area contributed by atoms with Crippen LogP contribution in [0, 0.1) is 5.92 Å². The highest BCUT2D eigenvalue weighted by Gasteiger charge is 2.49. The first-order chi connectivity index (χ1) is 6.00. The molecule has 4 atom stereocenters. The van der Waals surface area contributed by atoms with E-state index in [-0.39, 0.29) is 27.5 Å². The Labute approximate surface area is 86.5 Å². The molecule has 1 fully saturated rings. The van der Waals surface area contributed by atoms with E-state index < -0.39 is 4.33 Å². The number of hydrogen-bond acceptors (Lipinski definition) is 2. The van der Waals surface area contributed by atoms with Crippen molar-refractivity contribution in [1.29, 1.82) is 1.28 Å². The fourth-order valence-corrected chi connectivity index (χ4v) is 1.90. The largest absolute Gasteiger partial charge is 0.369 e. The van der Waals surface area contributed by atoms with Crippen molar-refractivity contribution in [2.45, 2.75) is 30.4 Å². The topological polar surface area (TPSA) is 18.5 Å². The Kier molecular flexibility index (Phi) is 3.14. The molecule has 0 bridgehead atoms. The van der Waals surface area contributed by atoms with Gasteiger partial charge in [-0.25, -0.2) is 0 Å². The Bertz CT molecular complexity index is 182. The molecule has 0 N–H and O–H groups in total. The minimum atomic E-state index is -0.834. The second-order valence-corrected chi connectivity index (χ2v) is 4.82. The number of alkyl halides is 2. The van der Waals surface area contributed by atoms with Crippen molar-refractivity contribution in [2.75, 3.05) is 6.61 Å². The molecule has 0 spiro atoms. The Morgan fingerprint density at radius 3 is 2.75 bits per heavy atom. The van der Waals surface area contributed by atoms with Crippen molar-refractivity contribution in [3.8, 4) is 0 Å². The highest BCUT2D eigenvalue weighted by atomic mass is 35.5. The molecule has 0 aromatic heterocycles. The summed E-state index contributed by atoms with van der Waals surface area (Å²) in [7, 11) is -0.268. The third kappa shape index (κ3) is 1.88. The van der Waals surface area contributed by atoms with Gasteiger partial charge in [-0.05, 0) is 6.92 Å². The minimum Gasteiger partial charge on any atom is -0.369 e. The summed E-state index contributed by atoms with van der Waals surface area (Å²) in [4.78, 5) is 0. The summed E-state index contributed by atoms with van der Waals surface area (Å²) in [6, 6.07) is 0. The summed E-state index contributed by atoms with van der Waals surface area (Å²) in [6.45, 7) is 4.18. The van der Waals surface area contributed by atoms with Crippen LogP contribution in [0.2, 0.25) is 0 Å². The molecule has 0 radical (unpaired) electrons. The molecule has 0 aliphatic carbocycles. The Hall–Kier alpha value is 0.930. The van der Waals surface area contributed by atoms with E-state index in [1.54, 1.807) is 0 Å². The van der Waals surface area contributed by atoms with Crippen LogP contribution in [0.5, 0.6) is 0 Å². The van der Waals surface area contributed by atoms with Crippen LogP contribution < -0.4 is 0 Å². The summed E-state index contributed by atoms with van der Waals surface area (Å²) in [5.41, 5.74) is 0. The summed E-state index contributed by atoms with van der Waals surface area (Å²) >= 11 is 12.2. The van der Waals surface area contributed by atoms with E-state index in [2.05, 4.69) is 0 Å². The number of ether oxygens (including phenoxy) is 1. The lowest BCUT2D eigenvalue weighted by atomic mass is 10.0. The lowest BCUT2D eigenvalue weighted by Gasteiger charge is -2.21. The lowest BCUT2D eigenvalue weighted by molar-refractivity contribution is 0.0194. The van der Waals surface area contributed by atoms with Crippen molar-refractivity contribution >= 4 is 32.6 Å². The molecule has 1 rings (SSSR count). The minimum absolute atomic E-state index is 0.0298. The van der Waals surface area contributed by atoms with Gasteiger partial charge in [-0.2, -0.15) is 0 Å². The fraction of sp³-hybridized carbons (Fsp3) is 1.00. The van der Waals surface area contributed by atoms with Gasteiger partial charge in [0.2, 0.25) is 0 Å². The van der Waals surface area contributed by atoms with Gasteiger partial charge in [0.1, 0.15) is 4.33 Å². The Morgan fingerprint density at radius 2 is 2.33 bits per heavy atom. The van der Waals surface area contributed by atoms with Gasteiger partial charge in [0.15, 0.2) is 0 Å². The molecule has 1 saturated heterocycles. The number of hydrogen-bond donors (Lipinski definition) is 0. The monoisotopic (exact) mass is 231 g/mol. The van der Waals surface area contributed by atoms with Crippen LogP contribution in [0.3, 0.4) is 0 Å². The van der Waals surface area contributed by atoms with Crippen molar-refractivity contribution in [1.82, 2.24) is 0 Å². The maximum atomic E-state index is 6.87. The fourth-order valence-electron chi connectivity index (χ4n) is 1.35. The summed E-state index contributed by atoms with van der Waals surface area (Å²) in [6.07, 6.45) is -0.281. The summed E-state index contributed by atoms with van der Waals surface area (Å²) in [5, 5.41) is 0. The maximum Gasteiger partial charge on any atom is 0.149 e. The zero-order valence-corrected chi connectivity index (χ0v) is 9.52. The average Bonchev–Trinajstić information content (AvgIpc) is 2.26. The molecule has 12 heavy (non-hydrogen) atoms. The molecule has 0 amide bonds. The predicted octanol–water partition coefficient (Wildman–Crippen LogP) is 2.39. The first kappa shape index (κ1) is 9.48. The van der Waals surface area contributed by atoms with Crippen LogP contribution in [-0.2, 0) is 9.26 Å². The van der Waals surface area contributed by atoms with Crippen LogP contribution in [-0.4, -0.2) is 24.4 Å². The molecule has 0 saturated carbocycles. The quantitative estimate of drug-likeness (QED) is 0.549. The molecule has 1 aliphatic heterocycles. The van der Waals surface area contributed by atoms with Crippen molar-refractivity contribution < 1.29 is 9.26 Å². The molecule has 1 heterocycles. The smallest absolute Gasteiger partial charge is 0.149 e. The first-order valence-electron chi connectivity index (χ1n) is 4.32. The lowest BCUT2D eigenvalue weighted by Crippen LogP contribution is -2.30. The van der Waals surface area contributed by atoms with Crippen molar-refractivity contribution in [3.05, 3.63) is 0 Å². The third-order valence-electron chi connectivity index (χ3n) is 2.33. The van der Waals surface area contributed by atoms with Crippen LogP contribution in [0.15, 0.2) is 0 Å². The van der Waals surface area contributed by atoms with Gasteiger partial charge < -0.3 is 9.26 Å². The molecular weight excluding hydrogens is 218 g/mol. The zero-order valence-electron chi connectivity index (χ0n) is 8.01. The molecule has 0 aromatic rings. The van der Waals surface area contributed by atoms with E-state index in [0.29, 0.717) is 6.61 Å². The van der Waals surface area contributed by atoms with Gasteiger partial charge in [0.25, 0.3) is 0 Å². The van der Waals surface area contributed by atoms with E-state index in [1.165, 1.54) is 0 Å². The molecule has 5 heteroatoms. The molecule has 2 nitrogen and oxygen atoms in total. The number of rotatable bonds is 3. The average molecular weight is 232 g/mol. The summed E-state index contributed by atoms with van der Waals surface area (Å²) in [5.74, 6) is 0.0298. The van der Waals surface area contributed by atoms with E-state index in [1.807, 2.05) is 13.8 Å². The van der Waals surface area contributed by atoms with Crippen LogP contribution in [0.25, 0.3) is 0 Å². The highest BCUT2D eigenvalue weighted by molar-refractivity contribution is 7.09. The second-order valence-electron chi connectivity index (χ2n) is 3.09. The zero-order chi connectivity index (χ0) is 10.1. The van der Waals surface area contributed by atoms with E-state index in [9.17, 15) is 0 Å². The normalized spacial score (nSPS) is 42.3. The third-order valence-corrected chi connectivity index (χ3v) is 3.80. The van der Waals surface area contributed by atoms with Gasteiger partial charge in [-0.3, -0.25) is 0 Å². The number of halogens is 2. The van der Waals surface area contributed by atoms with Crippen LogP contribution in [0.4, 0.5) is 0 Å². The Morgan fingerprint density at radius 1 is 1.67 bits per heavy atom. The standard InChI is InChI=1S/C7H13Cl2O2P/c1-4-6(3-10-12)11-5(2)7(4,8)9/h4-6H,3,12H2,1-2H3/t4-,5+,6-/m1/s1/i12D/t4-,5+,6-,12?. The van der Waals surface area contributed by atoms with E-state index >= 15 is 0 Å². The van der Waals surface area contributed by atoms with Gasteiger partial charge in [-0.1, -0.05) is 30.1 Å². The highest BCUT2D eigenvalue weighted by Crippen LogP contribution is 2.44. The van der Waals surface area contributed by atoms with Crippen LogP contribution >= 0.6 is 32.6 Å². The van der Waals surface area contributed by atoms with Gasteiger partial charge >= 0.3 is 0 Å². The molecule has 1 unspecified atom stereocenters. The first-order valence-corrected chi connectivity index (χ1v) is 4.98. The van der Waals surface area contributed by atoms with Crippen molar-refractivity contribution in [3.63, 3.8) is 0 Å². The van der Waals surface area contributed by atoms with Gasteiger partial charge in [0.05, 0.1) is 20.1 Å². The maximum absolute atomic E-state index is 6.87. The van der Waals surface area contributed by atoms with Crippen molar-refractivity contribution in [2.24, 2.45) is 5.92 Å². The molecule has 72 valence electrons. The summed E-state index contributed by atoms with van der Waals surface area (Å²) < 4.78 is 16.5. The van der Waals surface area contributed by atoms with Gasteiger partial charge in [-0.15, -0.1) is 0 Å². The Balaban J connectivity index is 2.52. The van der Waals surface area contributed by atoms with E-state index in [0.717, 1.165) is 0 Å². The van der Waals surface area contributed by atoms with Gasteiger partial charge in [0, 0.05) is 15.3 Å². The SMILES string of the molecule is [2H]POC[C@H]1O[C@@H](C)C(Cl)(Cl)[C@@H]1C. The molecule has 1 aliphatic rings.